The average molecular weight is 501 g/mol. The molecular weight excluding hydrogens is 460 g/mol. The Bertz CT molecular complexity index is 1090. The number of fused-ring (bicyclic) bond motifs is 2. The van der Waals surface area contributed by atoms with Gasteiger partial charge in [0.25, 0.3) is 0 Å². The van der Waals surface area contributed by atoms with Crippen LogP contribution in [0.2, 0.25) is 0 Å². The summed E-state index contributed by atoms with van der Waals surface area (Å²) in [7, 11) is 0. The highest BCUT2D eigenvalue weighted by Gasteiger charge is 2.55. The van der Waals surface area contributed by atoms with Crippen molar-refractivity contribution in [3.8, 4) is 0 Å². The van der Waals surface area contributed by atoms with E-state index in [-0.39, 0.29) is 23.4 Å². The van der Waals surface area contributed by atoms with Crippen LogP contribution in [0.15, 0.2) is 72.8 Å². The van der Waals surface area contributed by atoms with Crippen LogP contribution in [0.1, 0.15) is 50.2 Å². The average Bonchev–Trinajstić information content (AvgIpc) is 3.21. The standard InChI is InChI=1S/C32H40N2O3/c1-23-10-9-15-31(2)21-29-26(20-28(23)31)27(30(35)37-29)22-33-16-18-34(19-17-33)32(36,24-11-5-3-6-12-24)25-13-7-4-8-14-25/h3-8,11-14,26-29,36H,1,9-10,15-22H2,2H3. The van der Waals surface area contributed by atoms with Gasteiger partial charge in [0.1, 0.15) is 6.10 Å². The van der Waals surface area contributed by atoms with Gasteiger partial charge in [0, 0.05) is 49.8 Å². The third kappa shape index (κ3) is 4.35. The molecule has 196 valence electrons. The van der Waals surface area contributed by atoms with Crippen molar-refractivity contribution in [2.24, 2.45) is 23.2 Å². The summed E-state index contributed by atoms with van der Waals surface area (Å²) in [5.41, 5.74) is 2.21. The molecule has 2 aliphatic heterocycles. The molecule has 0 amide bonds. The fourth-order valence-electron chi connectivity index (χ4n) is 7.87. The largest absolute Gasteiger partial charge is 0.462 e. The van der Waals surface area contributed by atoms with Crippen molar-refractivity contribution in [2.45, 2.75) is 50.9 Å². The maximum atomic E-state index is 13.1. The van der Waals surface area contributed by atoms with Crippen LogP contribution in [-0.2, 0) is 15.3 Å². The van der Waals surface area contributed by atoms with Crippen molar-refractivity contribution in [3.05, 3.63) is 83.9 Å². The first-order valence-electron chi connectivity index (χ1n) is 14.1. The Morgan fingerprint density at radius 2 is 1.65 bits per heavy atom. The Hall–Kier alpha value is -2.47. The second kappa shape index (κ2) is 9.68. The summed E-state index contributed by atoms with van der Waals surface area (Å²) >= 11 is 0. The molecule has 37 heavy (non-hydrogen) atoms. The molecule has 2 aromatic carbocycles. The number of carbonyl (C=O) groups excluding carboxylic acids is 1. The fourth-order valence-corrected chi connectivity index (χ4v) is 7.87. The number of allylic oxidation sites excluding steroid dienone is 1. The molecule has 1 N–H and O–H groups in total. The monoisotopic (exact) mass is 500 g/mol. The van der Waals surface area contributed by atoms with E-state index in [1.54, 1.807) is 0 Å². The first-order valence-corrected chi connectivity index (χ1v) is 14.1. The number of carbonyl (C=O) groups is 1. The topological polar surface area (TPSA) is 53.0 Å². The van der Waals surface area contributed by atoms with Crippen LogP contribution in [0, 0.1) is 23.2 Å². The van der Waals surface area contributed by atoms with Crippen LogP contribution < -0.4 is 0 Å². The molecule has 0 bridgehead atoms. The first-order chi connectivity index (χ1) is 17.9. The van der Waals surface area contributed by atoms with E-state index < -0.39 is 5.72 Å². The molecule has 5 unspecified atom stereocenters. The zero-order valence-electron chi connectivity index (χ0n) is 22.0. The Morgan fingerprint density at radius 3 is 2.27 bits per heavy atom. The highest BCUT2D eigenvalue weighted by Crippen LogP contribution is 2.57. The molecule has 5 nitrogen and oxygen atoms in total. The van der Waals surface area contributed by atoms with Gasteiger partial charge in [0.15, 0.2) is 5.72 Å². The lowest BCUT2D eigenvalue weighted by Crippen LogP contribution is -2.57. The third-order valence-electron chi connectivity index (χ3n) is 9.96. The van der Waals surface area contributed by atoms with Gasteiger partial charge < -0.3 is 9.84 Å². The van der Waals surface area contributed by atoms with Crippen LogP contribution in [0.4, 0.5) is 0 Å². The third-order valence-corrected chi connectivity index (χ3v) is 9.96. The van der Waals surface area contributed by atoms with Crippen molar-refractivity contribution >= 4 is 5.97 Å². The minimum absolute atomic E-state index is 0.00429. The lowest BCUT2D eigenvalue weighted by atomic mass is 9.55. The van der Waals surface area contributed by atoms with Crippen LogP contribution in [0.25, 0.3) is 0 Å². The summed E-state index contributed by atoms with van der Waals surface area (Å²) in [5.74, 6) is 0.750. The summed E-state index contributed by atoms with van der Waals surface area (Å²) in [6.07, 6.45) is 5.65. The quantitative estimate of drug-likeness (QED) is 0.472. The van der Waals surface area contributed by atoms with Gasteiger partial charge in [-0.05, 0) is 43.4 Å². The summed E-state index contributed by atoms with van der Waals surface area (Å²) < 4.78 is 6.01. The zero-order valence-corrected chi connectivity index (χ0v) is 22.0. The first kappa shape index (κ1) is 24.8. The van der Waals surface area contributed by atoms with Gasteiger partial charge in [-0.1, -0.05) is 79.7 Å². The number of rotatable bonds is 5. The van der Waals surface area contributed by atoms with Crippen molar-refractivity contribution in [1.82, 2.24) is 9.80 Å². The van der Waals surface area contributed by atoms with Crippen LogP contribution in [0.5, 0.6) is 0 Å². The number of esters is 1. The lowest BCUT2D eigenvalue weighted by Gasteiger charge is -2.50. The molecule has 2 saturated heterocycles. The molecule has 4 aliphatic rings. The summed E-state index contributed by atoms with van der Waals surface area (Å²) in [5, 5.41) is 12.1. The molecule has 0 aromatic heterocycles. The van der Waals surface area contributed by atoms with Crippen molar-refractivity contribution in [3.63, 3.8) is 0 Å². The molecule has 2 saturated carbocycles. The van der Waals surface area contributed by atoms with Crippen molar-refractivity contribution in [1.29, 1.82) is 0 Å². The summed E-state index contributed by atoms with van der Waals surface area (Å²) in [6.45, 7) is 10.7. The Labute approximate surface area is 221 Å². The molecule has 4 fully saturated rings. The molecular formula is C32H40N2O3. The van der Waals surface area contributed by atoms with E-state index in [0.717, 1.165) is 63.1 Å². The highest BCUT2D eigenvalue weighted by atomic mass is 16.6. The number of hydrogen-bond acceptors (Lipinski definition) is 5. The van der Waals surface area contributed by atoms with Gasteiger partial charge in [-0.2, -0.15) is 0 Å². The van der Waals surface area contributed by atoms with E-state index in [4.69, 9.17) is 4.74 Å². The van der Waals surface area contributed by atoms with Crippen molar-refractivity contribution in [2.75, 3.05) is 32.7 Å². The van der Waals surface area contributed by atoms with Gasteiger partial charge >= 0.3 is 5.97 Å². The molecule has 0 spiro atoms. The number of nitrogens with zero attached hydrogens (tertiary/aromatic N) is 2. The Kier molecular flexibility index (Phi) is 6.50. The Balaban J connectivity index is 1.15. The van der Waals surface area contributed by atoms with Gasteiger partial charge in [-0.25, -0.2) is 0 Å². The van der Waals surface area contributed by atoms with E-state index in [1.807, 2.05) is 60.7 Å². The lowest BCUT2D eigenvalue weighted by molar-refractivity contribution is -0.146. The SMILES string of the molecule is C=C1CCCC2(C)CC3OC(=O)C(CN4CCN(C(O)(c5ccccc5)c5ccccc5)CC4)C3CC12. The number of ether oxygens (including phenoxy) is 1. The Morgan fingerprint density at radius 1 is 1.03 bits per heavy atom. The van der Waals surface area contributed by atoms with Crippen LogP contribution in [-0.4, -0.2) is 59.7 Å². The molecule has 2 aliphatic carbocycles. The molecule has 5 atom stereocenters. The van der Waals surface area contributed by atoms with Crippen molar-refractivity contribution < 1.29 is 14.6 Å². The van der Waals surface area contributed by atoms with Gasteiger partial charge in [0.05, 0.1) is 5.92 Å². The highest BCUT2D eigenvalue weighted by molar-refractivity contribution is 5.75. The summed E-state index contributed by atoms with van der Waals surface area (Å²) in [6, 6.07) is 19.9. The fraction of sp³-hybridized carbons (Fsp3) is 0.531. The number of benzene rings is 2. The normalized spacial score (nSPS) is 33.0. The molecule has 2 aromatic rings. The zero-order chi connectivity index (χ0) is 25.6. The van der Waals surface area contributed by atoms with Gasteiger partial charge in [0.2, 0.25) is 0 Å². The molecule has 2 heterocycles. The van der Waals surface area contributed by atoms with E-state index in [1.165, 1.54) is 18.4 Å². The summed E-state index contributed by atoms with van der Waals surface area (Å²) in [4.78, 5) is 17.7. The van der Waals surface area contributed by atoms with E-state index in [9.17, 15) is 9.90 Å². The van der Waals surface area contributed by atoms with Gasteiger partial charge in [-0.15, -0.1) is 0 Å². The number of piperazine rings is 1. The maximum absolute atomic E-state index is 13.1. The molecule has 6 rings (SSSR count). The second-order valence-corrected chi connectivity index (χ2v) is 12.1. The van der Waals surface area contributed by atoms with Crippen LogP contribution in [0.3, 0.4) is 0 Å². The minimum Gasteiger partial charge on any atom is -0.462 e. The minimum atomic E-state index is -1.18. The van der Waals surface area contributed by atoms with Crippen LogP contribution >= 0.6 is 0 Å². The molecule has 0 radical (unpaired) electrons. The number of aliphatic hydroxyl groups is 1. The van der Waals surface area contributed by atoms with E-state index >= 15 is 0 Å². The van der Waals surface area contributed by atoms with Gasteiger partial charge in [-0.3, -0.25) is 14.6 Å². The molecule has 5 heteroatoms. The predicted octanol–water partition coefficient (Wildman–Crippen LogP) is 4.81. The van der Waals surface area contributed by atoms with E-state index in [0.29, 0.717) is 11.8 Å². The second-order valence-electron chi connectivity index (χ2n) is 12.1. The smallest absolute Gasteiger partial charge is 0.310 e. The van der Waals surface area contributed by atoms with E-state index in [2.05, 4.69) is 23.3 Å². The predicted molar refractivity (Wildman–Crippen MR) is 145 cm³/mol. The maximum Gasteiger partial charge on any atom is 0.310 e. The number of hydrogen-bond donors (Lipinski definition) is 1.